The maximum atomic E-state index is 12.9. The van der Waals surface area contributed by atoms with E-state index in [1.165, 1.54) is 39.0 Å². The molecular formula is C34H38FNO3. The lowest BCUT2D eigenvalue weighted by Crippen LogP contribution is -2.26. The molecule has 5 heteroatoms. The van der Waals surface area contributed by atoms with Gasteiger partial charge in [-0.2, -0.15) is 0 Å². The molecule has 0 aromatic heterocycles. The summed E-state index contributed by atoms with van der Waals surface area (Å²) in [5, 5.41) is 10.1. The number of nitrogens with zero attached hydrogens (tertiary/aromatic N) is 1. The third kappa shape index (κ3) is 5.75. The molecule has 6 rings (SSSR count). The van der Waals surface area contributed by atoms with Gasteiger partial charge in [0.2, 0.25) is 0 Å². The fraction of sp³-hybridized carbons (Fsp3) is 0.412. The van der Waals surface area contributed by atoms with Crippen LogP contribution in [0.2, 0.25) is 0 Å². The molecule has 2 aliphatic heterocycles. The van der Waals surface area contributed by atoms with Crippen LogP contribution in [-0.4, -0.2) is 49.5 Å². The molecule has 2 heterocycles. The van der Waals surface area contributed by atoms with E-state index in [4.69, 9.17) is 9.47 Å². The number of phenolic OH excluding ortho intramolecular Hbond substituents is 1. The number of benzene rings is 3. The summed E-state index contributed by atoms with van der Waals surface area (Å²) in [7, 11) is 0. The predicted octanol–water partition coefficient (Wildman–Crippen LogP) is 7.10. The highest BCUT2D eigenvalue weighted by molar-refractivity contribution is 5.93. The van der Waals surface area contributed by atoms with E-state index in [1.54, 1.807) is 0 Å². The minimum atomic E-state index is -0.216. The van der Waals surface area contributed by atoms with E-state index in [2.05, 4.69) is 60.4 Å². The molecule has 3 aromatic rings. The molecule has 2 unspecified atom stereocenters. The Kier molecular flexibility index (Phi) is 7.46. The van der Waals surface area contributed by atoms with Gasteiger partial charge in [0.15, 0.2) is 0 Å². The Morgan fingerprint density at radius 2 is 1.87 bits per heavy atom. The topological polar surface area (TPSA) is 45.2 Å². The average Bonchev–Trinajstić information content (AvgIpc) is 3.71. The molecule has 0 spiro atoms. The molecular weight excluding hydrogens is 489 g/mol. The number of likely N-dealkylation sites (tertiary alicyclic amines) is 1. The van der Waals surface area contributed by atoms with Gasteiger partial charge >= 0.3 is 0 Å². The quantitative estimate of drug-likeness (QED) is 0.302. The van der Waals surface area contributed by atoms with Crippen LogP contribution in [0.5, 0.6) is 11.5 Å². The molecule has 2 saturated heterocycles. The fourth-order valence-electron chi connectivity index (χ4n) is 6.27. The number of fused-ring (bicyclic) bond motifs is 1. The van der Waals surface area contributed by atoms with Gasteiger partial charge in [0.1, 0.15) is 24.2 Å². The number of allylic oxidation sites excluding steroid dienone is 2. The molecule has 1 N–H and O–H groups in total. The normalized spacial score (nSPS) is 22.7. The van der Waals surface area contributed by atoms with E-state index in [9.17, 15) is 9.50 Å². The predicted molar refractivity (Wildman–Crippen MR) is 154 cm³/mol. The van der Waals surface area contributed by atoms with E-state index in [-0.39, 0.29) is 18.7 Å². The molecule has 4 nitrogen and oxygen atoms in total. The lowest BCUT2D eigenvalue weighted by atomic mass is 9.74. The number of epoxide rings is 1. The number of halogens is 1. The van der Waals surface area contributed by atoms with Crippen LogP contribution in [0.25, 0.3) is 11.1 Å². The van der Waals surface area contributed by atoms with E-state index < -0.39 is 0 Å². The molecule has 3 atom stereocenters. The van der Waals surface area contributed by atoms with Crippen LogP contribution in [-0.2, 0) is 11.2 Å². The molecule has 0 saturated carbocycles. The SMILES string of the molecule is CC1=C(c2ccc(O)c(C)c2)CC(Cc2ccc(OCCN3CC[C@@H](CF)C3)cc2)c2ccc(C3CO3)cc21. The van der Waals surface area contributed by atoms with Gasteiger partial charge in [-0.15, -0.1) is 0 Å². The number of hydrogen-bond acceptors (Lipinski definition) is 4. The summed E-state index contributed by atoms with van der Waals surface area (Å²) < 4.78 is 24.5. The molecule has 0 radical (unpaired) electrons. The highest BCUT2D eigenvalue weighted by atomic mass is 19.1. The first-order chi connectivity index (χ1) is 19.0. The number of aromatic hydroxyl groups is 1. The van der Waals surface area contributed by atoms with Crippen molar-refractivity contribution in [3.05, 3.63) is 94.0 Å². The molecule has 1 aliphatic carbocycles. The highest BCUT2D eigenvalue weighted by Crippen LogP contribution is 2.46. The molecule has 3 aromatic carbocycles. The Morgan fingerprint density at radius 1 is 1.05 bits per heavy atom. The third-order valence-corrected chi connectivity index (χ3v) is 8.74. The van der Waals surface area contributed by atoms with E-state index in [0.29, 0.717) is 18.3 Å². The van der Waals surface area contributed by atoms with Gasteiger partial charge < -0.3 is 14.6 Å². The molecule has 204 valence electrons. The number of aryl methyl sites for hydroxylation is 1. The van der Waals surface area contributed by atoms with Gasteiger partial charge in [-0.05, 0) is 120 Å². The van der Waals surface area contributed by atoms with Crippen molar-refractivity contribution >= 4 is 11.1 Å². The number of rotatable bonds is 9. The molecule has 2 fully saturated rings. The van der Waals surface area contributed by atoms with Crippen molar-refractivity contribution in [3.8, 4) is 11.5 Å². The number of ether oxygens (including phenoxy) is 2. The number of phenols is 1. The van der Waals surface area contributed by atoms with Crippen LogP contribution in [0.3, 0.4) is 0 Å². The highest BCUT2D eigenvalue weighted by Gasteiger charge is 2.30. The van der Waals surface area contributed by atoms with Crippen molar-refractivity contribution in [3.63, 3.8) is 0 Å². The first-order valence-corrected chi connectivity index (χ1v) is 14.2. The zero-order chi connectivity index (χ0) is 26.9. The van der Waals surface area contributed by atoms with Gasteiger partial charge in [0.25, 0.3) is 0 Å². The van der Waals surface area contributed by atoms with Gasteiger partial charge in [-0.3, -0.25) is 9.29 Å². The number of hydrogen-bond donors (Lipinski definition) is 1. The maximum absolute atomic E-state index is 12.9. The van der Waals surface area contributed by atoms with Crippen LogP contribution < -0.4 is 4.74 Å². The number of alkyl halides is 1. The van der Waals surface area contributed by atoms with Crippen LogP contribution >= 0.6 is 0 Å². The van der Waals surface area contributed by atoms with Crippen LogP contribution in [0.15, 0.2) is 60.7 Å². The zero-order valence-electron chi connectivity index (χ0n) is 23.0. The van der Waals surface area contributed by atoms with Crippen molar-refractivity contribution in [1.82, 2.24) is 4.90 Å². The summed E-state index contributed by atoms with van der Waals surface area (Å²) in [6.07, 6.45) is 3.08. The van der Waals surface area contributed by atoms with E-state index in [0.717, 1.165) is 56.8 Å². The smallest absolute Gasteiger partial charge is 0.119 e. The van der Waals surface area contributed by atoms with Crippen molar-refractivity contribution < 1.29 is 19.0 Å². The Balaban J connectivity index is 1.18. The van der Waals surface area contributed by atoms with E-state index in [1.807, 2.05) is 19.1 Å². The molecule has 0 amide bonds. The van der Waals surface area contributed by atoms with Crippen molar-refractivity contribution in [2.75, 3.05) is 39.5 Å². The molecule has 0 bridgehead atoms. The molecule has 3 aliphatic rings. The second-order valence-electron chi connectivity index (χ2n) is 11.5. The molecule has 39 heavy (non-hydrogen) atoms. The van der Waals surface area contributed by atoms with Crippen LogP contribution in [0, 0.1) is 12.8 Å². The van der Waals surface area contributed by atoms with Crippen LogP contribution in [0.1, 0.15) is 65.2 Å². The first-order valence-electron chi connectivity index (χ1n) is 14.2. The summed E-state index contributed by atoms with van der Waals surface area (Å²) in [4.78, 5) is 2.29. The Morgan fingerprint density at radius 3 is 2.59 bits per heavy atom. The maximum Gasteiger partial charge on any atom is 0.119 e. The third-order valence-electron chi connectivity index (χ3n) is 8.74. The van der Waals surface area contributed by atoms with Crippen LogP contribution in [0.4, 0.5) is 4.39 Å². The van der Waals surface area contributed by atoms with Gasteiger partial charge in [0.05, 0.1) is 13.3 Å². The zero-order valence-corrected chi connectivity index (χ0v) is 23.0. The fourth-order valence-corrected chi connectivity index (χ4v) is 6.27. The second kappa shape index (κ2) is 11.1. The standard InChI is InChI=1S/C34H38FNO3/c1-22-15-26(6-10-33(22)37)31-18-28(30-9-5-27(34-21-39-34)17-32(30)23(31)2)16-24-3-7-29(8-4-24)38-14-13-36-12-11-25(19-35)20-36/h3-10,15,17,25,28,34,37H,11-14,16,18-21H2,1-2H3/t25-,28?,34?/m0/s1. The van der Waals surface area contributed by atoms with Gasteiger partial charge in [-0.25, -0.2) is 0 Å². The summed E-state index contributed by atoms with van der Waals surface area (Å²) in [5.41, 5.74) is 10.0. The van der Waals surface area contributed by atoms with Gasteiger partial charge in [-0.1, -0.05) is 30.3 Å². The Labute approximate surface area is 231 Å². The first kappa shape index (κ1) is 26.1. The van der Waals surface area contributed by atoms with Gasteiger partial charge in [0, 0.05) is 19.0 Å². The van der Waals surface area contributed by atoms with Crippen molar-refractivity contribution in [2.45, 2.75) is 45.1 Å². The second-order valence-corrected chi connectivity index (χ2v) is 11.5. The summed E-state index contributed by atoms with van der Waals surface area (Å²) >= 11 is 0. The summed E-state index contributed by atoms with van der Waals surface area (Å²) in [6, 6.07) is 21.4. The lowest BCUT2D eigenvalue weighted by Gasteiger charge is -2.30. The monoisotopic (exact) mass is 527 g/mol. The van der Waals surface area contributed by atoms with Crippen molar-refractivity contribution in [2.24, 2.45) is 5.92 Å². The largest absolute Gasteiger partial charge is 0.508 e. The van der Waals surface area contributed by atoms with E-state index >= 15 is 0 Å². The Hall–Kier alpha value is -3.15. The Bertz CT molecular complexity index is 1360. The minimum Gasteiger partial charge on any atom is -0.508 e. The minimum absolute atomic E-state index is 0.194. The van der Waals surface area contributed by atoms with Crippen molar-refractivity contribution in [1.29, 1.82) is 0 Å². The summed E-state index contributed by atoms with van der Waals surface area (Å²) in [6.45, 7) is 8.06. The summed E-state index contributed by atoms with van der Waals surface area (Å²) in [5.74, 6) is 1.77. The average molecular weight is 528 g/mol. The lowest BCUT2D eigenvalue weighted by molar-refractivity contribution is 0.228.